The third-order valence-electron chi connectivity index (χ3n) is 4.02. The molecule has 0 atom stereocenters. The summed E-state index contributed by atoms with van der Waals surface area (Å²) in [4.78, 5) is 3.96. The number of H-pyrrole nitrogens is 1. The summed E-state index contributed by atoms with van der Waals surface area (Å²) in [5.41, 5.74) is 2.27. The van der Waals surface area contributed by atoms with Crippen molar-refractivity contribution in [1.82, 2.24) is 24.1 Å². The van der Waals surface area contributed by atoms with E-state index in [9.17, 15) is 8.42 Å². The summed E-state index contributed by atoms with van der Waals surface area (Å²) in [7, 11) is -1.70. The first kappa shape index (κ1) is 14.3. The Labute approximate surface area is 124 Å². The molecule has 7 nitrogen and oxygen atoms in total. The molecule has 1 saturated heterocycles. The number of sulfonamides is 1. The SMILES string of the molecule is Cc1cn[nH]c1C1CCN(S(=O)(=O)c2cn(C)cn2)CC1. The molecular formula is C13H19N5O2S. The predicted molar refractivity (Wildman–Crippen MR) is 77.3 cm³/mol. The van der Waals surface area contributed by atoms with Gasteiger partial charge in [-0.3, -0.25) is 5.10 Å². The summed E-state index contributed by atoms with van der Waals surface area (Å²) in [6.45, 7) is 3.06. The number of aromatic nitrogens is 4. The molecule has 1 aliphatic rings. The van der Waals surface area contributed by atoms with E-state index in [1.165, 1.54) is 10.6 Å². The topological polar surface area (TPSA) is 83.9 Å². The van der Waals surface area contributed by atoms with Crippen molar-refractivity contribution in [3.05, 3.63) is 30.0 Å². The first-order valence-corrected chi connectivity index (χ1v) is 8.40. The van der Waals surface area contributed by atoms with Gasteiger partial charge < -0.3 is 4.57 Å². The summed E-state index contributed by atoms with van der Waals surface area (Å²) in [6, 6.07) is 0. The lowest BCUT2D eigenvalue weighted by molar-refractivity contribution is 0.315. The summed E-state index contributed by atoms with van der Waals surface area (Å²) >= 11 is 0. The van der Waals surface area contributed by atoms with Crippen LogP contribution in [-0.4, -0.2) is 45.6 Å². The van der Waals surface area contributed by atoms with Crippen LogP contribution in [0, 0.1) is 6.92 Å². The van der Waals surface area contributed by atoms with E-state index >= 15 is 0 Å². The van der Waals surface area contributed by atoms with E-state index in [-0.39, 0.29) is 5.03 Å². The van der Waals surface area contributed by atoms with Gasteiger partial charge in [0.15, 0.2) is 5.03 Å². The first-order valence-electron chi connectivity index (χ1n) is 6.96. The molecule has 0 saturated carbocycles. The Morgan fingerprint density at radius 2 is 2.05 bits per heavy atom. The maximum atomic E-state index is 12.5. The van der Waals surface area contributed by atoms with E-state index < -0.39 is 10.0 Å². The van der Waals surface area contributed by atoms with E-state index in [2.05, 4.69) is 15.2 Å². The number of aromatic amines is 1. The molecule has 0 bridgehead atoms. The van der Waals surface area contributed by atoms with Crippen LogP contribution >= 0.6 is 0 Å². The average Bonchev–Trinajstić information content (AvgIpc) is 3.08. The van der Waals surface area contributed by atoms with Gasteiger partial charge in [-0.05, 0) is 25.3 Å². The third kappa shape index (κ3) is 2.60. The van der Waals surface area contributed by atoms with Crippen LogP contribution in [0.5, 0.6) is 0 Å². The highest BCUT2D eigenvalue weighted by molar-refractivity contribution is 7.89. The average molecular weight is 309 g/mol. The minimum Gasteiger partial charge on any atom is -0.339 e. The van der Waals surface area contributed by atoms with Gasteiger partial charge in [0.2, 0.25) is 0 Å². The van der Waals surface area contributed by atoms with Crippen molar-refractivity contribution in [2.75, 3.05) is 13.1 Å². The van der Waals surface area contributed by atoms with Crippen LogP contribution in [0.3, 0.4) is 0 Å². The van der Waals surface area contributed by atoms with E-state index in [4.69, 9.17) is 0 Å². The molecule has 0 radical (unpaired) electrons. The second kappa shape index (κ2) is 5.27. The number of piperidine rings is 1. The molecule has 1 N–H and O–H groups in total. The Morgan fingerprint density at radius 1 is 1.33 bits per heavy atom. The van der Waals surface area contributed by atoms with Gasteiger partial charge in [0.1, 0.15) is 0 Å². The maximum absolute atomic E-state index is 12.5. The standard InChI is InChI=1S/C13H19N5O2S/c1-10-7-15-16-13(10)11-3-5-18(6-4-11)21(19,20)12-8-17(2)9-14-12/h7-9,11H,3-6H2,1-2H3,(H,15,16). The summed E-state index contributed by atoms with van der Waals surface area (Å²) in [6.07, 6.45) is 6.46. The molecule has 0 spiro atoms. The van der Waals surface area contributed by atoms with Crippen LogP contribution in [0.1, 0.15) is 30.0 Å². The Balaban J connectivity index is 1.72. The Hall–Kier alpha value is -1.67. The lowest BCUT2D eigenvalue weighted by Gasteiger charge is -2.30. The molecule has 1 fully saturated rings. The molecule has 0 amide bonds. The zero-order chi connectivity index (χ0) is 15.0. The third-order valence-corrected chi connectivity index (χ3v) is 5.80. The number of nitrogens with one attached hydrogen (secondary N) is 1. The summed E-state index contributed by atoms with van der Waals surface area (Å²) in [5, 5.41) is 7.20. The van der Waals surface area contributed by atoms with Gasteiger partial charge in [-0.25, -0.2) is 13.4 Å². The molecule has 114 valence electrons. The van der Waals surface area contributed by atoms with E-state index in [1.807, 2.05) is 13.1 Å². The van der Waals surface area contributed by atoms with Gasteiger partial charge in [0, 0.05) is 37.9 Å². The second-order valence-electron chi connectivity index (χ2n) is 5.52. The number of aryl methyl sites for hydroxylation is 2. The zero-order valence-electron chi connectivity index (χ0n) is 12.2. The fourth-order valence-electron chi connectivity index (χ4n) is 2.81. The van der Waals surface area contributed by atoms with Gasteiger partial charge in [-0.15, -0.1) is 0 Å². The molecule has 0 aromatic carbocycles. The van der Waals surface area contributed by atoms with E-state index in [0.717, 1.165) is 24.1 Å². The Kier molecular flexibility index (Phi) is 3.58. The normalized spacial score (nSPS) is 18.2. The molecule has 2 aromatic rings. The molecule has 3 heterocycles. The van der Waals surface area contributed by atoms with Gasteiger partial charge in [0.05, 0.1) is 12.5 Å². The molecule has 0 aliphatic carbocycles. The van der Waals surface area contributed by atoms with Gasteiger partial charge >= 0.3 is 0 Å². The van der Waals surface area contributed by atoms with Gasteiger partial charge in [-0.2, -0.15) is 9.40 Å². The molecular weight excluding hydrogens is 290 g/mol. The molecule has 2 aromatic heterocycles. The minimum absolute atomic E-state index is 0.126. The molecule has 3 rings (SSSR count). The van der Waals surface area contributed by atoms with Gasteiger partial charge in [-0.1, -0.05) is 0 Å². The van der Waals surface area contributed by atoms with Crippen LogP contribution in [0.25, 0.3) is 0 Å². The largest absolute Gasteiger partial charge is 0.339 e. The molecule has 21 heavy (non-hydrogen) atoms. The van der Waals surface area contributed by atoms with Crippen LogP contribution < -0.4 is 0 Å². The lowest BCUT2D eigenvalue weighted by atomic mass is 9.93. The van der Waals surface area contributed by atoms with Crippen molar-refractivity contribution in [3.63, 3.8) is 0 Å². The Bertz CT molecular complexity index is 725. The monoisotopic (exact) mass is 309 g/mol. The van der Waals surface area contributed by atoms with Crippen LogP contribution in [0.2, 0.25) is 0 Å². The fraction of sp³-hybridized carbons (Fsp3) is 0.538. The molecule has 0 unspecified atom stereocenters. The van der Waals surface area contributed by atoms with Crippen molar-refractivity contribution in [3.8, 4) is 0 Å². The highest BCUT2D eigenvalue weighted by atomic mass is 32.2. The van der Waals surface area contributed by atoms with Crippen molar-refractivity contribution in [2.45, 2.75) is 30.7 Å². The van der Waals surface area contributed by atoms with Crippen LogP contribution in [0.15, 0.2) is 23.7 Å². The van der Waals surface area contributed by atoms with Crippen molar-refractivity contribution in [1.29, 1.82) is 0 Å². The van der Waals surface area contributed by atoms with Crippen molar-refractivity contribution >= 4 is 10.0 Å². The van der Waals surface area contributed by atoms with Crippen LogP contribution in [-0.2, 0) is 17.1 Å². The predicted octanol–water partition coefficient (Wildman–Crippen LogP) is 1.02. The van der Waals surface area contributed by atoms with E-state index in [0.29, 0.717) is 19.0 Å². The zero-order valence-corrected chi connectivity index (χ0v) is 13.0. The number of hydrogen-bond acceptors (Lipinski definition) is 4. The summed E-state index contributed by atoms with van der Waals surface area (Å²) < 4.78 is 28.2. The minimum atomic E-state index is -3.47. The fourth-order valence-corrected chi connectivity index (χ4v) is 4.24. The number of hydrogen-bond donors (Lipinski definition) is 1. The second-order valence-corrected chi connectivity index (χ2v) is 7.41. The maximum Gasteiger partial charge on any atom is 0.262 e. The summed E-state index contributed by atoms with van der Waals surface area (Å²) in [5.74, 6) is 0.350. The number of rotatable bonds is 3. The van der Waals surface area contributed by atoms with Crippen LogP contribution in [0.4, 0.5) is 0 Å². The molecule has 8 heteroatoms. The van der Waals surface area contributed by atoms with Crippen molar-refractivity contribution < 1.29 is 8.42 Å². The smallest absolute Gasteiger partial charge is 0.262 e. The number of imidazole rings is 1. The first-order chi connectivity index (χ1) is 9.98. The highest BCUT2D eigenvalue weighted by Gasteiger charge is 2.32. The number of nitrogens with zero attached hydrogens (tertiary/aromatic N) is 4. The van der Waals surface area contributed by atoms with Gasteiger partial charge in [0.25, 0.3) is 10.0 Å². The highest BCUT2D eigenvalue weighted by Crippen LogP contribution is 2.30. The Morgan fingerprint density at radius 3 is 2.57 bits per heavy atom. The lowest BCUT2D eigenvalue weighted by Crippen LogP contribution is -2.38. The molecule has 1 aliphatic heterocycles. The van der Waals surface area contributed by atoms with E-state index in [1.54, 1.807) is 17.8 Å². The van der Waals surface area contributed by atoms with Crippen molar-refractivity contribution in [2.24, 2.45) is 7.05 Å². The quantitative estimate of drug-likeness (QED) is 0.917.